The fourth-order valence-corrected chi connectivity index (χ4v) is 3.22. The van der Waals surface area contributed by atoms with E-state index < -0.39 is 35.9 Å². The van der Waals surface area contributed by atoms with Gasteiger partial charge in [0.05, 0.1) is 5.41 Å². The van der Waals surface area contributed by atoms with Crippen LogP contribution >= 0.6 is 0 Å². The average Bonchev–Trinajstić information content (AvgIpc) is 3.05. The number of amides is 1. The van der Waals surface area contributed by atoms with Gasteiger partial charge in [0.1, 0.15) is 0 Å². The lowest BCUT2D eigenvalue weighted by Crippen LogP contribution is -2.50. The lowest BCUT2D eigenvalue weighted by Gasteiger charge is -2.32. The standard InChI is InChI=1S/C13H19F3N2O3/c1-2-11(3-5-17-7-11)9(19)18-6-4-12(8-18,10(20)21)13(14,15)16/h17H,2-8H2,1H3,(H,20,21). The first-order chi connectivity index (χ1) is 9.68. The molecule has 2 heterocycles. The number of aliphatic carboxylic acids is 1. The van der Waals surface area contributed by atoms with E-state index in [1.54, 1.807) is 0 Å². The fraction of sp³-hybridized carbons (Fsp3) is 0.846. The SMILES string of the molecule is CCC1(C(=O)N2CCC(C(=O)O)(C(F)(F)F)C2)CCNC1. The molecule has 0 aliphatic carbocycles. The van der Waals surface area contributed by atoms with Crippen molar-refractivity contribution in [3.05, 3.63) is 0 Å². The lowest BCUT2D eigenvalue weighted by atomic mass is 9.82. The van der Waals surface area contributed by atoms with Gasteiger partial charge in [-0.25, -0.2) is 0 Å². The van der Waals surface area contributed by atoms with Gasteiger partial charge in [0.2, 0.25) is 5.91 Å². The van der Waals surface area contributed by atoms with E-state index in [9.17, 15) is 22.8 Å². The predicted molar refractivity (Wildman–Crippen MR) is 67.5 cm³/mol. The van der Waals surface area contributed by atoms with Crippen molar-refractivity contribution in [1.82, 2.24) is 10.2 Å². The van der Waals surface area contributed by atoms with E-state index >= 15 is 0 Å². The first kappa shape index (κ1) is 16.1. The summed E-state index contributed by atoms with van der Waals surface area (Å²) in [5, 5.41) is 12.1. The third-order valence-electron chi connectivity index (χ3n) is 4.88. The third-order valence-corrected chi connectivity index (χ3v) is 4.88. The average molecular weight is 308 g/mol. The van der Waals surface area contributed by atoms with E-state index in [0.717, 1.165) is 4.90 Å². The molecule has 120 valence electrons. The number of carbonyl (C=O) groups excluding carboxylic acids is 1. The molecule has 2 rings (SSSR count). The summed E-state index contributed by atoms with van der Waals surface area (Å²) < 4.78 is 39.4. The molecule has 0 saturated carbocycles. The highest BCUT2D eigenvalue weighted by molar-refractivity contribution is 5.85. The van der Waals surface area contributed by atoms with Crippen molar-refractivity contribution in [3.8, 4) is 0 Å². The lowest BCUT2D eigenvalue weighted by molar-refractivity contribution is -0.227. The molecule has 21 heavy (non-hydrogen) atoms. The Kier molecular flexibility index (Phi) is 3.94. The molecule has 0 radical (unpaired) electrons. The van der Waals surface area contributed by atoms with Crippen LogP contribution < -0.4 is 5.32 Å². The van der Waals surface area contributed by atoms with Gasteiger partial charge in [0.25, 0.3) is 0 Å². The van der Waals surface area contributed by atoms with Crippen LogP contribution in [0.4, 0.5) is 13.2 Å². The summed E-state index contributed by atoms with van der Waals surface area (Å²) in [7, 11) is 0. The molecule has 0 aromatic carbocycles. The zero-order valence-corrected chi connectivity index (χ0v) is 11.8. The molecule has 2 saturated heterocycles. The topological polar surface area (TPSA) is 69.6 Å². The minimum Gasteiger partial charge on any atom is -0.481 e. The molecule has 0 aromatic heterocycles. The zero-order chi connectivity index (χ0) is 15.9. The van der Waals surface area contributed by atoms with Gasteiger partial charge in [0.15, 0.2) is 5.41 Å². The summed E-state index contributed by atoms with van der Waals surface area (Å²) in [6, 6.07) is 0. The Morgan fingerprint density at radius 1 is 1.33 bits per heavy atom. The molecule has 2 unspecified atom stereocenters. The summed E-state index contributed by atoms with van der Waals surface area (Å²) in [5.41, 5.74) is -3.52. The first-order valence-corrected chi connectivity index (χ1v) is 6.99. The van der Waals surface area contributed by atoms with Gasteiger partial charge in [-0.15, -0.1) is 0 Å². The number of carboxylic acids is 1. The van der Waals surface area contributed by atoms with Crippen LogP contribution in [0.2, 0.25) is 0 Å². The van der Waals surface area contributed by atoms with Crippen LogP contribution in [-0.2, 0) is 9.59 Å². The molecular formula is C13H19F3N2O3. The Morgan fingerprint density at radius 3 is 2.38 bits per heavy atom. The molecular weight excluding hydrogens is 289 g/mol. The number of alkyl halides is 3. The van der Waals surface area contributed by atoms with Crippen LogP contribution in [0.3, 0.4) is 0 Å². The number of hydrogen-bond donors (Lipinski definition) is 2. The fourth-order valence-electron chi connectivity index (χ4n) is 3.22. The molecule has 2 aliphatic heterocycles. The maximum absolute atomic E-state index is 13.1. The second-order valence-electron chi connectivity index (χ2n) is 5.92. The summed E-state index contributed by atoms with van der Waals surface area (Å²) in [5.74, 6) is -2.26. The highest BCUT2D eigenvalue weighted by Gasteiger charge is 2.65. The Bertz CT molecular complexity index is 446. The number of likely N-dealkylation sites (tertiary alicyclic amines) is 1. The molecule has 1 amide bonds. The minimum atomic E-state index is -4.86. The van der Waals surface area contributed by atoms with E-state index in [1.807, 2.05) is 6.92 Å². The van der Waals surface area contributed by atoms with Gasteiger partial charge in [-0.1, -0.05) is 6.92 Å². The highest BCUT2D eigenvalue weighted by Crippen LogP contribution is 2.47. The highest BCUT2D eigenvalue weighted by atomic mass is 19.4. The van der Waals surface area contributed by atoms with Crippen molar-refractivity contribution in [1.29, 1.82) is 0 Å². The molecule has 0 aromatic rings. The van der Waals surface area contributed by atoms with Gasteiger partial charge in [-0.05, 0) is 25.8 Å². The van der Waals surface area contributed by atoms with Gasteiger partial charge in [-0.3, -0.25) is 9.59 Å². The predicted octanol–water partition coefficient (Wildman–Crippen LogP) is 1.24. The number of nitrogens with one attached hydrogen (secondary N) is 1. The van der Waals surface area contributed by atoms with Crippen molar-refractivity contribution < 1.29 is 27.9 Å². The minimum absolute atomic E-state index is 0.160. The molecule has 2 fully saturated rings. The molecule has 2 atom stereocenters. The molecule has 5 nitrogen and oxygen atoms in total. The van der Waals surface area contributed by atoms with Crippen molar-refractivity contribution in [2.24, 2.45) is 10.8 Å². The summed E-state index contributed by atoms with van der Waals surface area (Å²) >= 11 is 0. The quantitative estimate of drug-likeness (QED) is 0.823. The Labute approximate surface area is 120 Å². The van der Waals surface area contributed by atoms with Crippen LogP contribution in [-0.4, -0.2) is 54.2 Å². The number of carbonyl (C=O) groups is 2. The van der Waals surface area contributed by atoms with Crippen LogP contribution in [0.1, 0.15) is 26.2 Å². The Hall–Kier alpha value is -1.31. The summed E-state index contributed by atoms with van der Waals surface area (Å²) in [6.07, 6.45) is -4.34. The van der Waals surface area contributed by atoms with E-state index in [1.165, 1.54) is 0 Å². The van der Waals surface area contributed by atoms with Crippen LogP contribution in [0.25, 0.3) is 0 Å². The smallest absolute Gasteiger partial charge is 0.406 e. The van der Waals surface area contributed by atoms with E-state index in [4.69, 9.17) is 5.11 Å². The number of carboxylic acid groups (broad SMARTS) is 1. The maximum atomic E-state index is 13.1. The van der Waals surface area contributed by atoms with Gasteiger partial charge < -0.3 is 15.3 Å². The third kappa shape index (κ3) is 2.39. The molecule has 0 spiro atoms. The zero-order valence-electron chi connectivity index (χ0n) is 11.8. The van der Waals surface area contributed by atoms with Crippen LogP contribution in [0, 0.1) is 10.8 Å². The molecule has 2 N–H and O–H groups in total. The van der Waals surface area contributed by atoms with Crippen molar-refractivity contribution in [2.75, 3.05) is 26.2 Å². The second-order valence-corrected chi connectivity index (χ2v) is 5.92. The summed E-state index contributed by atoms with van der Waals surface area (Å²) in [6.45, 7) is 1.97. The van der Waals surface area contributed by atoms with E-state index in [-0.39, 0.29) is 12.5 Å². The molecule has 0 bridgehead atoms. The van der Waals surface area contributed by atoms with Crippen molar-refractivity contribution in [2.45, 2.75) is 32.4 Å². The van der Waals surface area contributed by atoms with Crippen LogP contribution in [0.15, 0.2) is 0 Å². The second kappa shape index (κ2) is 5.15. The number of rotatable bonds is 3. The Balaban J connectivity index is 2.21. The molecule has 2 aliphatic rings. The van der Waals surface area contributed by atoms with Crippen LogP contribution in [0.5, 0.6) is 0 Å². The van der Waals surface area contributed by atoms with Crippen molar-refractivity contribution >= 4 is 11.9 Å². The van der Waals surface area contributed by atoms with Gasteiger partial charge in [0, 0.05) is 19.6 Å². The normalized spacial score (nSPS) is 33.4. The van der Waals surface area contributed by atoms with E-state index in [0.29, 0.717) is 25.9 Å². The first-order valence-electron chi connectivity index (χ1n) is 6.99. The van der Waals surface area contributed by atoms with Gasteiger partial charge in [-0.2, -0.15) is 13.2 Å². The maximum Gasteiger partial charge on any atom is 0.406 e. The monoisotopic (exact) mass is 308 g/mol. The number of halogens is 3. The number of nitrogens with zero attached hydrogens (tertiary/aromatic N) is 1. The van der Waals surface area contributed by atoms with Crippen molar-refractivity contribution in [3.63, 3.8) is 0 Å². The molecule has 8 heteroatoms. The Morgan fingerprint density at radius 2 is 2.00 bits per heavy atom. The van der Waals surface area contributed by atoms with E-state index in [2.05, 4.69) is 5.32 Å². The van der Waals surface area contributed by atoms with Gasteiger partial charge >= 0.3 is 12.1 Å². The number of hydrogen-bond acceptors (Lipinski definition) is 3. The summed E-state index contributed by atoms with van der Waals surface area (Å²) in [4.78, 5) is 24.8. The largest absolute Gasteiger partial charge is 0.481 e.